The van der Waals surface area contributed by atoms with Gasteiger partial charge in [-0.1, -0.05) is 0 Å². The second-order valence-electron chi connectivity index (χ2n) is 5.21. The summed E-state index contributed by atoms with van der Waals surface area (Å²) in [6, 6.07) is 0. The quantitative estimate of drug-likeness (QED) is 0.443. The number of carbonyl (C=O) groups excluding carboxylic acids is 3. The molecule has 0 saturated heterocycles. The summed E-state index contributed by atoms with van der Waals surface area (Å²) in [5, 5.41) is 0. The molecule has 0 amide bonds. The van der Waals surface area contributed by atoms with Crippen LogP contribution in [0.25, 0.3) is 0 Å². The van der Waals surface area contributed by atoms with Crippen LogP contribution in [0, 0.1) is 19.8 Å². The van der Waals surface area contributed by atoms with E-state index in [0.29, 0.717) is 22.5 Å². The number of H-pyrrole nitrogens is 1. The number of aromatic nitrogens is 1. The summed E-state index contributed by atoms with van der Waals surface area (Å²) in [4.78, 5) is 39.1. The Labute approximate surface area is 141 Å². The topological polar surface area (TPSA) is 94.7 Å². The van der Waals surface area contributed by atoms with Gasteiger partial charge >= 0.3 is 17.9 Å². The lowest BCUT2D eigenvalue weighted by atomic mass is 9.96. The van der Waals surface area contributed by atoms with E-state index >= 15 is 0 Å². The molecular weight excluding hydrogens is 314 g/mol. The monoisotopic (exact) mass is 339 g/mol. The minimum Gasteiger partial charge on any atom is -0.465 e. The molecule has 1 heterocycles. The molecule has 0 spiro atoms. The van der Waals surface area contributed by atoms with Crippen LogP contribution < -0.4 is 0 Å². The fraction of sp³-hybridized carbons (Fsp3) is 0.588. The van der Waals surface area contributed by atoms with Crippen LogP contribution >= 0.6 is 0 Å². The smallest absolute Gasteiger partial charge is 0.355 e. The maximum absolute atomic E-state index is 12.1. The van der Waals surface area contributed by atoms with Gasteiger partial charge in [-0.05, 0) is 52.2 Å². The molecule has 1 aromatic rings. The molecule has 1 N–H and O–H groups in total. The van der Waals surface area contributed by atoms with Crippen molar-refractivity contribution < 1.29 is 28.6 Å². The standard InChI is InChI=1S/C17H25NO6/c1-6-22-15(19)13(16(20)23-7-2)9-12-10(4)14(18-11(12)5)17(21)24-8-3/h13,18H,6-9H2,1-5H3. The summed E-state index contributed by atoms with van der Waals surface area (Å²) in [6.45, 7) is 9.21. The van der Waals surface area contributed by atoms with Gasteiger partial charge in [0.25, 0.3) is 0 Å². The van der Waals surface area contributed by atoms with Crippen molar-refractivity contribution in [1.82, 2.24) is 4.98 Å². The van der Waals surface area contributed by atoms with E-state index in [4.69, 9.17) is 14.2 Å². The van der Waals surface area contributed by atoms with E-state index in [1.165, 1.54) is 0 Å². The van der Waals surface area contributed by atoms with Crippen molar-refractivity contribution in [2.45, 2.75) is 41.0 Å². The lowest BCUT2D eigenvalue weighted by molar-refractivity contribution is -0.161. The molecule has 0 radical (unpaired) electrons. The number of aromatic amines is 1. The first-order chi connectivity index (χ1) is 11.4. The zero-order valence-electron chi connectivity index (χ0n) is 14.9. The third kappa shape index (κ3) is 4.59. The maximum atomic E-state index is 12.1. The molecule has 7 heteroatoms. The van der Waals surface area contributed by atoms with Gasteiger partial charge in [0.15, 0.2) is 5.92 Å². The molecule has 134 valence electrons. The molecule has 0 aliphatic carbocycles. The zero-order chi connectivity index (χ0) is 18.3. The highest BCUT2D eigenvalue weighted by Gasteiger charge is 2.32. The molecule has 24 heavy (non-hydrogen) atoms. The molecule has 1 rings (SSSR count). The van der Waals surface area contributed by atoms with E-state index in [0.717, 1.165) is 0 Å². The van der Waals surface area contributed by atoms with E-state index < -0.39 is 23.8 Å². The lowest BCUT2D eigenvalue weighted by Crippen LogP contribution is -2.30. The highest BCUT2D eigenvalue weighted by Crippen LogP contribution is 2.23. The van der Waals surface area contributed by atoms with Crippen molar-refractivity contribution >= 4 is 17.9 Å². The van der Waals surface area contributed by atoms with Crippen LogP contribution in [0.5, 0.6) is 0 Å². The van der Waals surface area contributed by atoms with Crippen LogP contribution in [0.15, 0.2) is 0 Å². The average Bonchev–Trinajstić information content (AvgIpc) is 2.80. The first kappa shape index (κ1) is 19.7. The van der Waals surface area contributed by atoms with Crippen molar-refractivity contribution in [2.75, 3.05) is 19.8 Å². The maximum Gasteiger partial charge on any atom is 0.355 e. The minimum atomic E-state index is -1.06. The van der Waals surface area contributed by atoms with Crippen LogP contribution in [0.1, 0.15) is 48.1 Å². The Bertz CT molecular complexity index is 586. The molecule has 0 aromatic carbocycles. The van der Waals surface area contributed by atoms with Gasteiger partial charge in [0, 0.05) is 5.69 Å². The summed E-state index contributed by atoms with van der Waals surface area (Å²) in [5.74, 6) is -2.79. The Balaban J connectivity index is 3.11. The number of ether oxygens (including phenoxy) is 3. The van der Waals surface area contributed by atoms with E-state index in [1.807, 2.05) is 0 Å². The van der Waals surface area contributed by atoms with Crippen molar-refractivity contribution in [3.05, 3.63) is 22.5 Å². The second kappa shape index (κ2) is 9.10. The van der Waals surface area contributed by atoms with Gasteiger partial charge in [-0.3, -0.25) is 9.59 Å². The summed E-state index contributed by atoms with van der Waals surface area (Å²) < 4.78 is 15.0. The lowest BCUT2D eigenvalue weighted by Gasteiger charge is -2.15. The SMILES string of the molecule is CCOC(=O)c1[nH]c(C)c(CC(C(=O)OCC)C(=O)OCC)c1C. The van der Waals surface area contributed by atoms with Crippen LogP contribution in [0.2, 0.25) is 0 Å². The second-order valence-corrected chi connectivity index (χ2v) is 5.21. The highest BCUT2D eigenvalue weighted by atomic mass is 16.6. The summed E-state index contributed by atoms with van der Waals surface area (Å²) in [6.07, 6.45) is 0.102. The number of carbonyl (C=O) groups is 3. The predicted octanol–water partition coefficient (Wildman–Crippen LogP) is 2.09. The van der Waals surface area contributed by atoms with Gasteiger partial charge in [-0.25, -0.2) is 4.79 Å². The number of esters is 3. The van der Waals surface area contributed by atoms with Crippen molar-refractivity contribution in [3.8, 4) is 0 Å². The third-order valence-electron chi connectivity index (χ3n) is 3.62. The first-order valence-electron chi connectivity index (χ1n) is 8.05. The molecule has 0 unspecified atom stereocenters. The molecule has 0 bridgehead atoms. The Morgan fingerprint density at radius 3 is 1.88 bits per heavy atom. The largest absolute Gasteiger partial charge is 0.465 e. The van der Waals surface area contributed by atoms with Crippen molar-refractivity contribution in [2.24, 2.45) is 5.92 Å². The van der Waals surface area contributed by atoms with Crippen molar-refractivity contribution in [3.63, 3.8) is 0 Å². The van der Waals surface area contributed by atoms with Gasteiger partial charge in [-0.2, -0.15) is 0 Å². The molecule has 0 aliphatic rings. The summed E-state index contributed by atoms with van der Waals surface area (Å²) in [5.41, 5.74) is 2.40. The fourth-order valence-electron chi connectivity index (χ4n) is 2.46. The Morgan fingerprint density at radius 2 is 1.42 bits per heavy atom. The number of rotatable bonds is 8. The number of hydrogen-bond acceptors (Lipinski definition) is 6. The number of aryl methyl sites for hydroxylation is 1. The van der Waals surface area contributed by atoms with E-state index in [1.54, 1.807) is 34.6 Å². The molecule has 0 fully saturated rings. The van der Waals surface area contributed by atoms with E-state index in [9.17, 15) is 14.4 Å². The summed E-state index contributed by atoms with van der Waals surface area (Å²) >= 11 is 0. The molecule has 0 aliphatic heterocycles. The molecule has 7 nitrogen and oxygen atoms in total. The number of hydrogen-bond donors (Lipinski definition) is 1. The van der Waals surface area contributed by atoms with Gasteiger partial charge in [0.2, 0.25) is 0 Å². The normalized spacial score (nSPS) is 10.6. The van der Waals surface area contributed by atoms with Gasteiger partial charge in [-0.15, -0.1) is 0 Å². The van der Waals surface area contributed by atoms with Crippen LogP contribution in [0.4, 0.5) is 0 Å². The van der Waals surface area contributed by atoms with Crippen LogP contribution in [-0.4, -0.2) is 42.7 Å². The Morgan fingerprint density at radius 1 is 0.917 bits per heavy atom. The fourth-order valence-corrected chi connectivity index (χ4v) is 2.46. The summed E-state index contributed by atoms with van der Waals surface area (Å²) in [7, 11) is 0. The van der Waals surface area contributed by atoms with Crippen molar-refractivity contribution in [1.29, 1.82) is 0 Å². The average molecular weight is 339 g/mol. The van der Waals surface area contributed by atoms with E-state index in [2.05, 4.69) is 4.98 Å². The highest BCUT2D eigenvalue weighted by molar-refractivity contribution is 5.95. The minimum absolute atomic E-state index is 0.102. The van der Waals surface area contributed by atoms with Crippen LogP contribution in [-0.2, 0) is 30.2 Å². The van der Waals surface area contributed by atoms with Gasteiger partial charge in [0.05, 0.1) is 19.8 Å². The third-order valence-corrected chi connectivity index (χ3v) is 3.62. The molecule has 0 atom stereocenters. The van der Waals surface area contributed by atoms with Gasteiger partial charge < -0.3 is 19.2 Å². The van der Waals surface area contributed by atoms with Gasteiger partial charge in [0.1, 0.15) is 5.69 Å². The molecular formula is C17H25NO6. The number of nitrogens with one attached hydrogen (secondary N) is 1. The molecule has 0 saturated carbocycles. The molecule has 1 aromatic heterocycles. The zero-order valence-corrected chi connectivity index (χ0v) is 14.9. The predicted molar refractivity (Wildman–Crippen MR) is 86.7 cm³/mol. The van der Waals surface area contributed by atoms with E-state index in [-0.39, 0.29) is 26.2 Å². The van der Waals surface area contributed by atoms with Crippen LogP contribution in [0.3, 0.4) is 0 Å². The first-order valence-corrected chi connectivity index (χ1v) is 8.05. The Hall–Kier alpha value is -2.31. The Kier molecular flexibility index (Phi) is 7.48.